The fraction of sp³-hybridized carbons (Fsp3) is 1.00. The standard InChI is InChI=1S/C15H32N2/c1-11(2)15(12(3)4)10-16-9-14-6-7-17-13(5)8-14/h11-17H,6-10H2,1-5H3. The molecular formula is C15H32N2. The van der Waals surface area contributed by atoms with Gasteiger partial charge in [-0.3, -0.25) is 0 Å². The van der Waals surface area contributed by atoms with Crippen LogP contribution in [0.2, 0.25) is 0 Å². The smallest absolute Gasteiger partial charge is 0.00418 e. The first kappa shape index (κ1) is 15.0. The molecule has 1 rings (SSSR count). The quantitative estimate of drug-likeness (QED) is 0.746. The Hall–Kier alpha value is -0.0800. The molecule has 0 aromatic heterocycles. The van der Waals surface area contributed by atoms with Crippen LogP contribution in [0, 0.1) is 23.7 Å². The lowest BCUT2D eigenvalue weighted by Crippen LogP contribution is -2.40. The Balaban J connectivity index is 2.21. The molecular weight excluding hydrogens is 208 g/mol. The van der Waals surface area contributed by atoms with Crippen LogP contribution >= 0.6 is 0 Å². The maximum atomic E-state index is 3.71. The predicted molar refractivity (Wildman–Crippen MR) is 76.2 cm³/mol. The third-order valence-electron chi connectivity index (χ3n) is 4.26. The topological polar surface area (TPSA) is 24.1 Å². The Morgan fingerprint density at radius 3 is 2.35 bits per heavy atom. The Bertz CT molecular complexity index is 193. The first-order valence-corrected chi connectivity index (χ1v) is 7.44. The Kier molecular flexibility index (Phi) is 6.50. The number of nitrogens with one attached hydrogen (secondary N) is 2. The van der Waals surface area contributed by atoms with Gasteiger partial charge in [0.05, 0.1) is 0 Å². The summed E-state index contributed by atoms with van der Waals surface area (Å²) < 4.78 is 0. The molecule has 0 saturated carbocycles. The van der Waals surface area contributed by atoms with E-state index in [1.807, 2.05) is 0 Å². The SMILES string of the molecule is CC1CC(CNCC(C(C)C)C(C)C)CCN1. The molecule has 0 aliphatic carbocycles. The summed E-state index contributed by atoms with van der Waals surface area (Å²) in [6, 6.07) is 0.710. The number of piperidine rings is 1. The second kappa shape index (κ2) is 7.38. The van der Waals surface area contributed by atoms with Crippen LogP contribution in [0.1, 0.15) is 47.5 Å². The van der Waals surface area contributed by atoms with E-state index in [0.717, 1.165) is 23.7 Å². The minimum atomic E-state index is 0.710. The summed E-state index contributed by atoms with van der Waals surface area (Å²) in [5.41, 5.74) is 0. The van der Waals surface area contributed by atoms with E-state index in [-0.39, 0.29) is 0 Å². The molecule has 1 aliphatic heterocycles. The van der Waals surface area contributed by atoms with Gasteiger partial charge in [0.2, 0.25) is 0 Å². The van der Waals surface area contributed by atoms with Gasteiger partial charge in [-0.25, -0.2) is 0 Å². The Labute approximate surface area is 108 Å². The van der Waals surface area contributed by atoms with Crippen molar-refractivity contribution in [3.05, 3.63) is 0 Å². The maximum absolute atomic E-state index is 3.71. The molecule has 2 N–H and O–H groups in total. The Morgan fingerprint density at radius 2 is 1.82 bits per heavy atom. The molecule has 0 radical (unpaired) electrons. The van der Waals surface area contributed by atoms with Crippen LogP contribution in [0.5, 0.6) is 0 Å². The molecule has 0 bridgehead atoms. The highest BCUT2D eigenvalue weighted by atomic mass is 14.9. The lowest BCUT2D eigenvalue weighted by atomic mass is 9.85. The van der Waals surface area contributed by atoms with Crippen LogP contribution in [0.15, 0.2) is 0 Å². The highest BCUT2D eigenvalue weighted by molar-refractivity contribution is 4.77. The molecule has 0 aromatic carbocycles. The zero-order valence-electron chi connectivity index (χ0n) is 12.4. The number of hydrogen-bond donors (Lipinski definition) is 2. The van der Waals surface area contributed by atoms with Gasteiger partial charge >= 0.3 is 0 Å². The van der Waals surface area contributed by atoms with Crippen molar-refractivity contribution in [2.24, 2.45) is 23.7 Å². The molecule has 0 spiro atoms. The van der Waals surface area contributed by atoms with E-state index in [9.17, 15) is 0 Å². The van der Waals surface area contributed by atoms with Gasteiger partial charge in [0, 0.05) is 6.04 Å². The fourth-order valence-corrected chi connectivity index (χ4v) is 3.12. The van der Waals surface area contributed by atoms with Crippen LogP contribution in [0.3, 0.4) is 0 Å². The van der Waals surface area contributed by atoms with E-state index >= 15 is 0 Å². The van der Waals surface area contributed by atoms with Gasteiger partial charge < -0.3 is 10.6 Å². The highest BCUT2D eigenvalue weighted by Crippen LogP contribution is 2.20. The molecule has 17 heavy (non-hydrogen) atoms. The summed E-state index contributed by atoms with van der Waals surface area (Å²) in [6.07, 6.45) is 2.67. The van der Waals surface area contributed by atoms with Crippen molar-refractivity contribution >= 4 is 0 Å². The van der Waals surface area contributed by atoms with Crippen molar-refractivity contribution in [3.8, 4) is 0 Å². The molecule has 1 heterocycles. The van der Waals surface area contributed by atoms with Gasteiger partial charge in [-0.15, -0.1) is 0 Å². The van der Waals surface area contributed by atoms with Crippen molar-refractivity contribution in [3.63, 3.8) is 0 Å². The molecule has 2 heteroatoms. The average molecular weight is 240 g/mol. The summed E-state index contributed by atoms with van der Waals surface area (Å²) in [5.74, 6) is 3.27. The van der Waals surface area contributed by atoms with Crippen LogP contribution in [0.4, 0.5) is 0 Å². The van der Waals surface area contributed by atoms with Crippen LogP contribution in [-0.2, 0) is 0 Å². The van der Waals surface area contributed by atoms with Crippen LogP contribution in [-0.4, -0.2) is 25.7 Å². The summed E-state index contributed by atoms with van der Waals surface area (Å²) in [6.45, 7) is 15.3. The van der Waals surface area contributed by atoms with Crippen molar-refractivity contribution in [2.75, 3.05) is 19.6 Å². The maximum Gasteiger partial charge on any atom is 0.00418 e. The van der Waals surface area contributed by atoms with E-state index in [2.05, 4.69) is 45.3 Å². The first-order chi connectivity index (χ1) is 8.00. The second-order valence-electron chi connectivity index (χ2n) is 6.56. The summed E-state index contributed by atoms with van der Waals surface area (Å²) in [5, 5.41) is 7.23. The minimum Gasteiger partial charge on any atom is -0.316 e. The van der Waals surface area contributed by atoms with Gasteiger partial charge in [-0.05, 0) is 63.1 Å². The van der Waals surface area contributed by atoms with E-state index in [0.29, 0.717) is 6.04 Å². The highest BCUT2D eigenvalue weighted by Gasteiger charge is 2.20. The van der Waals surface area contributed by atoms with E-state index < -0.39 is 0 Å². The largest absolute Gasteiger partial charge is 0.316 e. The number of rotatable bonds is 6. The third-order valence-corrected chi connectivity index (χ3v) is 4.26. The lowest BCUT2D eigenvalue weighted by molar-refractivity contribution is 0.253. The van der Waals surface area contributed by atoms with E-state index in [1.54, 1.807) is 0 Å². The Morgan fingerprint density at radius 1 is 1.18 bits per heavy atom. The van der Waals surface area contributed by atoms with Gasteiger partial charge in [-0.1, -0.05) is 27.7 Å². The molecule has 2 nitrogen and oxygen atoms in total. The predicted octanol–water partition coefficient (Wildman–Crippen LogP) is 2.89. The van der Waals surface area contributed by atoms with Crippen molar-refractivity contribution in [1.29, 1.82) is 0 Å². The minimum absolute atomic E-state index is 0.710. The number of hydrogen-bond acceptors (Lipinski definition) is 2. The zero-order chi connectivity index (χ0) is 12.8. The van der Waals surface area contributed by atoms with Crippen molar-refractivity contribution < 1.29 is 0 Å². The fourth-order valence-electron chi connectivity index (χ4n) is 3.12. The average Bonchev–Trinajstić information content (AvgIpc) is 2.23. The second-order valence-corrected chi connectivity index (χ2v) is 6.56. The summed E-state index contributed by atoms with van der Waals surface area (Å²) in [4.78, 5) is 0. The summed E-state index contributed by atoms with van der Waals surface area (Å²) in [7, 11) is 0. The van der Waals surface area contributed by atoms with Gasteiger partial charge in [-0.2, -0.15) is 0 Å². The molecule has 102 valence electrons. The zero-order valence-corrected chi connectivity index (χ0v) is 12.4. The molecule has 1 aliphatic rings. The van der Waals surface area contributed by atoms with Crippen LogP contribution in [0.25, 0.3) is 0 Å². The van der Waals surface area contributed by atoms with Crippen molar-refractivity contribution in [2.45, 2.75) is 53.5 Å². The monoisotopic (exact) mass is 240 g/mol. The molecule has 0 amide bonds. The molecule has 2 unspecified atom stereocenters. The van der Waals surface area contributed by atoms with E-state index in [4.69, 9.17) is 0 Å². The lowest BCUT2D eigenvalue weighted by Gasteiger charge is -2.30. The molecule has 2 atom stereocenters. The summed E-state index contributed by atoms with van der Waals surface area (Å²) >= 11 is 0. The normalized spacial score (nSPS) is 26.1. The van der Waals surface area contributed by atoms with Crippen LogP contribution < -0.4 is 10.6 Å². The van der Waals surface area contributed by atoms with Gasteiger partial charge in [0.1, 0.15) is 0 Å². The molecule has 0 aromatic rings. The molecule has 1 fully saturated rings. The van der Waals surface area contributed by atoms with Gasteiger partial charge in [0.25, 0.3) is 0 Å². The molecule has 1 saturated heterocycles. The third kappa shape index (κ3) is 5.39. The van der Waals surface area contributed by atoms with Crippen molar-refractivity contribution in [1.82, 2.24) is 10.6 Å². The van der Waals surface area contributed by atoms with Gasteiger partial charge in [0.15, 0.2) is 0 Å². The first-order valence-electron chi connectivity index (χ1n) is 7.44. The van der Waals surface area contributed by atoms with E-state index in [1.165, 1.54) is 32.5 Å².